The van der Waals surface area contributed by atoms with Crippen LogP contribution in [-0.4, -0.2) is 15.8 Å². The highest BCUT2D eigenvalue weighted by molar-refractivity contribution is 5.20. The third kappa shape index (κ3) is 7.02. The Morgan fingerprint density at radius 1 is 1.26 bits per heavy atom. The van der Waals surface area contributed by atoms with Crippen LogP contribution >= 0.6 is 0 Å². The average Bonchev–Trinajstić information content (AvgIpc) is 2.26. The van der Waals surface area contributed by atoms with Gasteiger partial charge in [0, 0.05) is 0 Å². The zero-order valence-electron chi connectivity index (χ0n) is 12.4. The van der Waals surface area contributed by atoms with E-state index in [1.165, 1.54) is 0 Å². The van der Waals surface area contributed by atoms with E-state index in [0.29, 0.717) is 11.7 Å². The molecular formula is C17H26O2. The van der Waals surface area contributed by atoms with Gasteiger partial charge in [0.25, 0.3) is 0 Å². The molecule has 2 heteroatoms. The van der Waals surface area contributed by atoms with E-state index in [2.05, 4.69) is 26.0 Å². The summed E-state index contributed by atoms with van der Waals surface area (Å²) < 4.78 is 0. The van der Waals surface area contributed by atoms with Crippen LogP contribution in [0.15, 0.2) is 48.3 Å². The topological polar surface area (TPSA) is 40.5 Å². The summed E-state index contributed by atoms with van der Waals surface area (Å²) in [5, 5.41) is 18.9. The van der Waals surface area contributed by atoms with Crippen molar-refractivity contribution < 1.29 is 10.2 Å². The van der Waals surface area contributed by atoms with Gasteiger partial charge in [-0.3, -0.25) is 0 Å². The van der Waals surface area contributed by atoms with Crippen LogP contribution in [-0.2, 0) is 0 Å². The Bertz CT molecular complexity index is 403. The molecule has 19 heavy (non-hydrogen) atoms. The molecular weight excluding hydrogens is 236 g/mol. The molecule has 0 aromatic rings. The van der Waals surface area contributed by atoms with Gasteiger partial charge in [-0.25, -0.2) is 0 Å². The molecule has 0 fully saturated rings. The number of hydrogen-bond donors (Lipinski definition) is 2. The molecule has 1 aliphatic carbocycles. The second kappa shape index (κ2) is 6.25. The van der Waals surface area contributed by atoms with Gasteiger partial charge in [0.2, 0.25) is 0 Å². The van der Waals surface area contributed by atoms with Crippen molar-refractivity contribution in [3.63, 3.8) is 0 Å². The van der Waals surface area contributed by atoms with Crippen molar-refractivity contribution in [2.24, 2.45) is 11.3 Å². The summed E-state index contributed by atoms with van der Waals surface area (Å²) in [7, 11) is 0. The molecule has 0 amide bonds. The maximum atomic E-state index is 9.63. The molecule has 0 radical (unpaired) electrons. The van der Waals surface area contributed by atoms with Gasteiger partial charge in [-0.2, -0.15) is 0 Å². The van der Waals surface area contributed by atoms with E-state index in [1.807, 2.05) is 24.3 Å². The van der Waals surface area contributed by atoms with E-state index in [0.717, 1.165) is 12.8 Å². The lowest BCUT2D eigenvalue weighted by Gasteiger charge is -2.20. The standard InChI is InChI=1S/C17H26O2/c1-16(2,11-5-12-17(3,4)19)13-10-14-6-8-15(18)9-7-14/h5-6,8-10,12-14,18-19H,7,11H2,1-4H3/b12-5+,13-10+. The first-order valence-electron chi connectivity index (χ1n) is 6.85. The smallest absolute Gasteiger partial charge is 0.111 e. The highest BCUT2D eigenvalue weighted by Crippen LogP contribution is 2.26. The molecule has 0 bridgehead atoms. The molecule has 0 aromatic heterocycles. The van der Waals surface area contributed by atoms with E-state index in [4.69, 9.17) is 0 Å². The van der Waals surface area contributed by atoms with E-state index in [9.17, 15) is 10.2 Å². The second-order valence-electron chi connectivity index (χ2n) is 6.50. The van der Waals surface area contributed by atoms with Gasteiger partial charge in [-0.15, -0.1) is 0 Å². The summed E-state index contributed by atoms with van der Waals surface area (Å²) in [4.78, 5) is 0. The van der Waals surface area contributed by atoms with Gasteiger partial charge in [0.15, 0.2) is 0 Å². The van der Waals surface area contributed by atoms with Crippen LogP contribution < -0.4 is 0 Å². The number of hydrogen-bond acceptors (Lipinski definition) is 2. The minimum atomic E-state index is -0.742. The molecule has 1 unspecified atom stereocenters. The molecule has 0 aromatic carbocycles. The highest BCUT2D eigenvalue weighted by atomic mass is 16.3. The zero-order valence-corrected chi connectivity index (χ0v) is 12.4. The van der Waals surface area contributed by atoms with E-state index in [-0.39, 0.29) is 5.41 Å². The molecule has 2 nitrogen and oxygen atoms in total. The van der Waals surface area contributed by atoms with Gasteiger partial charge < -0.3 is 10.2 Å². The molecule has 0 saturated heterocycles. The zero-order chi connectivity index (χ0) is 14.5. The Balaban J connectivity index is 2.50. The van der Waals surface area contributed by atoms with E-state index >= 15 is 0 Å². The Hall–Kier alpha value is -1.28. The van der Waals surface area contributed by atoms with Gasteiger partial charge in [0.05, 0.1) is 5.60 Å². The maximum absolute atomic E-state index is 9.63. The van der Waals surface area contributed by atoms with Gasteiger partial charge in [-0.1, -0.05) is 44.2 Å². The van der Waals surface area contributed by atoms with Crippen LogP contribution in [0, 0.1) is 11.3 Å². The fourth-order valence-corrected chi connectivity index (χ4v) is 1.87. The van der Waals surface area contributed by atoms with Crippen molar-refractivity contribution in [2.45, 2.75) is 46.1 Å². The number of aliphatic hydroxyl groups is 2. The summed E-state index contributed by atoms with van der Waals surface area (Å²) >= 11 is 0. The molecule has 2 N–H and O–H groups in total. The molecule has 1 aliphatic rings. The highest BCUT2D eigenvalue weighted by Gasteiger charge is 2.14. The lowest BCUT2D eigenvalue weighted by atomic mass is 9.86. The summed E-state index contributed by atoms with van der Waals surface area (Å²) in [5.41, 5.74) is -0.674. The third-order valence-electron chi connectivity index (χ3n) is 3.08. The molecule has 0 saturated carbocycles. The van der Waals surface area contributed by atoms with Crippen LogP contribution in [0.5, 0.6) is 0 Å². The summed E-state index contributed by atoms with van der Waals surface area (Å²) in [5.74, 6) is 0.727. The molecule has 0 spiro atoms. The van der Waals surface area contributed by atoms with Crippen LogP contribution in [0.3, 0.4) is 0 Å². The predicted molar refractivity (Wildman–Crippen MR) is 80.9 cm³/mol. The first kappa shape index (κ1) is 15.8. The maximum Gasteiger partial charge on any atom is 0.111 e. The van der Waals surface area contributed by atoms with Crippen molar-refractivity contribution in [2.75, 3.05) is 0 Å². The van der Waals surface area contributed by atoms with Crippen molar-refractivity contribution in [1.29, 1.82) is 0 Å². The van der Waals surface area contributed by atoms with E-state index in [1.54, 1.807) is 19.9 Å². The average molecular weight is 262 g/mol. The van der Waals surface area contributed by atoms with Crippen LogP contribution in [0.1, 0.15) is 40.5 Å². The fraction of sp³-hybridized carbons (Fsp3) is 0.529. The molecule has 1 rings (SSSR count). The SMILES string of the molecule is CC(C)(O)/C=C/CC(C)(C)/C=C/C1C=CC(O)=CC1. The first-order chi connectivity index (χ1) is 8.68. The molecule has 0 aliphatic heterocycles. The summed E-state index contributed by atoms with van der Waals surface area (Å²) in [6.45, 7) is 7.91. The Morgan fingerprint density at radius 3 is 2.47 bits per heavy atom. The second-order valence-corrected chi connectivity index (χ2v) is 6.50. The largest absolute Gasteiger partial charge is 0.508 e. The Kier molecular flexibility index (Phi) is 5.19. The normalized spacial score (nSPS) is 21.3. The van der Waals surface area contributed by atoms with Crippen LogP contribution in [0.25, 0.3) is 0 Å². The van der Waals surface area contributed by atoms with Gasteiger partial charge in [0.1, 0.15) is 5.76 Å². The van der Waals surface area contributed by atoms with Crippen molar-refractivity contribution in [3.05, 3.63) is 48.3 Å². The fourth-order valence-electron chi connectivity index (χ4n) is 1.87. The Labute approximate surface area is 116 Å². The van der Waals surface area contributed by atoms with Gasteiger partial charge in [-0.05, 0) is 50.2 Å². The lowest BCUT2D eigenvalue weighted by molar-refractivity contribution is 0.132. The Morgan fingerprint density at radius 2 is 1.95 bits per heavy atom. The van der Waals surface area contributed by atoms with Crippen LogP contribution in [0.2, 0.25) is 0 Å². The predicted octanol–water partition coefficient (Wildman–Crippen LogP) is 4.30. The van der Waals surface area contributed by atoms with Crippen molar-refractivity contribution in [3.8, 4) is 0 Å². The minimum Gasteiger partial charge on any atom is -0.508 e. The van der Waals surface area contributed by atoms with Gasteiger partial charge >= 0.3 is 0 Å². The quantitative estimate of drug-likeness (QED) is 0.725. The molecule has 1 atom stereocenters. The van der Waals surface area contributed by atoms with Crippen molar-refractivity contribution in [1.82, 2.24) is 0 Å². The third-order valence-corrected chi connectivity index (χ3v) is 3.08. The minimum absolute atomic E-state index is 0.0683. The van der Waals surface area contributed by atoms with Crippen molar-refractivity contribution >= 4 is 0 Å². The monoisotopic (exact) mass is 262 g/mol. The summed E-state index contributed by atoms with van der Waals surface area (Å²) in [6, 6.07) is 0. The number of rotatable bonds is 5. The first-order valence-corrected chi connectivity index (χ1v) is 6.85. The lowest BCUT2D eigenvalue weighted by Crippen LogP contribution is -2.14. The van der Waals surface area contributed by atoms with Crippen LogP contribution in [0.4, 0.5) is 0 Å². The number of allylic oxidation sites excluding steroid dienone is 6. The molecule has 0 heterocycles. The van der Waals surface area contributed by atoms with E-state index < -0.39 is 5.60 Å². The molecule has 106 valence electrons. The number of aliphatic hydroxyl groups excluding tert-OH is 1. The summed E-state index contributed by atoms with van der Waals surface area (Å²) in [6.07, 6.45) is 15.6.